The lowest BCUT2D eigenvalue weighted by atomic mass is 10.3. The van der Waals surface area contributed by atoms with Crippen molar-refractivity contribution in [2.75, 3.05) is 5.32 Å². The Hall–Kier alpha value is -2.61. The molecule has 0 bridgehead atoms. The van der Waals surface area contributed by atoms with Crippen LogP contribution in [-0.4, -0.2) is 30.8 Å². The van der Waals surface area contributed by atoms with Crippen molar-refractivity contribution in [3.05, 3.63) is 41.3 Å². The van der Waals surface area contributed by atoms with Crippen LogP contribution in [0.2, 0.25) is 5.15 Å². The van der Waals surface area contributed by atoms with E-state index in [1.807, 2.05) is 0 Å². The number of nitrogens with one attached hydrogen (secondary N) is 2. The summed E-state index contributed by atoms with van der Waals surface area (Å²) in [5.41, 5.74) is 0.688. The van der Waals surface area contributed by atoms with Crippen molar-refractivity contribution in [3.63, 3.8) is 0 Å². The molecule has 0 unspecified atom stereocenters. The molecule has 0 saturated heterocycles. The van der Waals surface area contributed by atoms with E-state index in [9.17, 15) is 9.18 Å². The average molecular weight is 293 g/mol. The summed E-state index contributed by atoms with van der Waals surface area (Å²) in [6, 6.07) is 3.88. The Morgan fingerprint density at radius 3 is 2.95 bits per heavy atom. The van der Waals surface area contributed by atoms with E-state index in [2.05, 4.69) is 30.2 Å². The highest BCUT2D eigenvalue weighted by molar-refractivity contribution is 6.33. The highest BCUT2D eigenvalue weighted by atomic mass is 35.5. The number of carbonyl (C=O) groups is 1. The molecule has 2 N–H and O–H groups in total. The van der Waals surface area contributed by atoms with Gasteiger partial charge < -0.3 is 4.98 Å². The second kappa shape index (κ2) is 4.82. The van der Waals surface area contributed by atoms with Gasteiger partial charge in [0.05, 0.1) is 6.33 Å². The predicted molar refractivity (Wildman–Crippen MR) is 68.8 cm³/mol. The molecule has 0 saturated carbocycles. The maximum absolute atomic E-state index is 12.9. The molecular formula is C11H6ClFN6O. The SMILES string of the molecule is O=C(Nc1nc(Cl)c2[nH]cnc2n1)c1cccc(F)n1. The number of aromatic nitrogens is 5. The Morgan fingerprint density at radius 1 is 1.30 bits per heavy atom. The van der Waals surface area contributed by atoms with Crippen LogP contribution in [0.25, 0.3) is 11.2 Å². The Balaban J connectivity index is 1.91. The summed E-state index contributed by atoms with van der Waals surface area (Å²) in [4.78, 5) is 29.9. The summed E-state index contributed by atoms with van der Waals surface area (Å²) in [5.74, 6) is -1.43. The molecule has 3 heterocycles. The number of rotatable bonds is 2. The van der Waals surface area contributed by atoms with Crippen LogP contribution in [-0.2, 0) is 0 Å². The fourth-order valence-corrected chi connectivity index (χ4v) is 1.77. The third-order valence-corrected chi connectivity index (χ3v) is 2.69. The van der Waals surface area contributed by atoms with E-state index in [-0.39, 0.29) is 16.8 Å². The number of carbonyl (C=O) groups excluding carboxylic acids is 1. The van der Waals surface area contributed by atoms with Gasteiger partial charge in [-0.1, -0.05) is 17.7 Å². The number of nitrogens with zero attached hydrogens (tertiary/aromatic N) is 4. The van der Waals surface area contributed by atoms with Crippen LogP contribution in [0.3, 0.4) is 0 Å². The minimum absolute atomic E-state index is 0.0364. The van der Waals surface area contributed by atoms with Gasteiger partial charge in [0.2, 0.25) is 11.9 Å². The van der Waals surface area contributed by atoms with Crippen LogP contribution < -0.4 is 5.32 Å². The standard InChI is InChI=1S/C11H6ClFN6O/c12-8-7-9(15-4-14-7)18-11(17-8)19-10(20)5-2-1-3-6(13)16-5/h1-4H,(H2,14,15,17,18,19,20). The molecule has 0 spiro atoms. The quantitative estimate of drug-likeness (QED) is 0.554. The molecule has 0 aliphatic rings. The fourth-order valence-electron chi connectivity index (χ4n) is 1.55. The maximum Gasteiger partial charge on any atom is 0.276 e. The molecule has 9 heteroatoms. The molecule has 7 nitrogen and oxygen atoms in total. The van der Waals surface area contributed by atoms with E-state index in [1.54, 1.807) is 0 Å². The molecule has 0 aliphatic carbocycles. The number of H-pyrrole nitrogens is 1. The van der Waals surface area contributed by atoms with Crippen LogP contribution in [0.1, 0.15) is 10.5 Å². The van der Waals surface area contributed by atoms with Gasteiger partial charge in [-0.25, -0.2) is 9.97 Å². The van der Waals surface area contributed by atoms with Crippen molar-refractivity contribution < 1.29 is 9.18 Å². The van der Waals surface area contributed by atoms with Gasteiger partial charge in [0.15, 0.2) is 10.8 Å². The number of pyridine rings is 1. The minimum Gasteiger partial charge on any atom is -0.341 e. The van der Waals surface area contributed by atoms with Crippen molar-refractivity contribution >= 4 is 34.6 Å². The van der Waals surface area contributed by atoms with E-state index in [0.29, 0.717) is 11.2 Å². The summed E-state index contributed by atoms with van der Waals surface area (Å²) in [7, 11) is 0. The third-order valence-electron chi connectivity index (χ3n) is 2.41. The summed E-state index contributed by atoms with van der Waals surface area (Å²) >= 11 is 5.91. The smallest absolute Gasteiger partial charge is 0.276 e. The summed E-state index contributed by atoms with van der Waals surface area (Å²) in [6.07, 6.45) is 1.41. The zero-order valence-corrected chi connectivity index (χ0v) is 10.5. The largest absolute Gasteiger partial charge is 0.341 e. The number of hydrogen-bond donors (Lipinski definition) is 2. The van der Waals surface area contributed by atoms with Crippen molar-refractivity contribution in [2.45, 2.75) is 0 Å². The first kappa shape index (κ1) is 12.4. The van der Waals surface area contributed by atoms with E-state index in [0.717, 1.165) is 6.07 Å². The predicted octanol–water partition coefficient (Wildman–Crippen LogP) is 1.79. The first-order chi connectivity index (χ1) is 9.63. The molecule has 3 rings (SSSR count). The van der Waals surface area contributed by atoms with Crippen LogP contribution in [0.5, 0.6) is 0 Å². The number of aromatic amines is 1. The summed E-state index contributed by atoms with van der Waals surface area (Å²) in [5, 5.41) is 2.50. The highest BCUT2D eigenvalue weighted by Gasteiger charge is 2.13. The second-order valence-corrected chi connectivity index (χ2v) is 4.10. The second-order valence-electron chi connectivity index (χ2n) is 3.74. The van der Waals surface area contributed by atoms with Crippen LogP contribution in [0.4, 0.5) is 10.3 Å². The lowest BCUT2D eigenvalue weighted by Gasteiger charge is -2.03. The van der Waals surface area contributed by atoms with Gasteiger partial charge in [-0.2, -0.15) is 14.4 Å². The molecule has 0 aliphatic heterocycles. The normalized spacial score (nSPS) is 10.7. The van der Waals surface area contributed by atoms with Gasteiger partial charge in [-0.3, -0.25) is 10.1 Å². The summed E-state index contributed by atoms with van der Waals surface area (Å²) < 4.78 is 12.9. The van der Waals surface area contributed by atoms with E-state index >= 15 is 0 Å². The molecule has 3 aromatic rings. The van der Waals surface area contributed by atoms with Crippen molar-refractivity contribution in [1.82, 2.24) is 24.9 Å². The molecule has 0 radical (unpaired) electrons. The van der Waals surface area contributed by atoms with E-state index in [4.69, 9.17) is 11.6 Å². The van der Waals surface area contributed by atoms with Crippen molar-refractivity contribution in [1.29, 1.82) is 0 Å². The van der Waals surface area contributed by atoms with Gasteiger partial charge in [-0.15, -0.1) is 0 Å². The Kier molecular flexibility index (Phi) is 2.99. The number of fused-ring (bicyclic) bond motifs is 1. The number of amides is 1. The molecule has 0 atom stereocenters. The molecule has 3 aromatic heterocycles. The number of halogens is 2. The molecule has 0 aromatic carbocycles. The molecular weight excluding hydrogens is 287 g/mol. The lowest BCUT2D eigenvalue weighted by Crippen LogP contribution is -2.16. The first-order valence-electron chi connectivity index (χ1n) is 5.44. The Bertz CT molecular complexity index is 804. The fraction of sp³-hybridized carbons (Fsp3) is 0. The van der Waals surface area contributed by atoms with Gasteiger partial charge in [0.25, 0.3) is 5.91 Å². The third kappa shape index (κ3) is 2.28. The van der Waals surface area contributed by atoms with Gasteiger partial charge >= 0.3 is 0 Å². The number of anilines is 1. The van der Waals surface area contributed by atoms with Crippen LogP contribution in [0, 0.1) is 5.95 Å². The van der Waals surface area contributed by atoms with E-state index < -0.39 is 11.9 Å². The van der Waals surface area contributed by atoms with Crippen molar-refractivity contribution in [2.24, 2.45) is 0 Å². The van der Waals surface area contributed by atoms with Crippen LogP contribution in [0.15, 0.2) is 24.5 Å². The maximum atomic E-state index is 12.9. The van der Waals surface area contributed by atoms with Gasteiger partial charge in [-0.05, 0) is 12.1 Å². The average Bonchev–Trinajstić information content (AvgIpc) is 2.87. The minimum atomic E-state index is -0.751. The molecule has 100 valence electrons. The molecule has 0 fully saturated rings. The summed E-state index contributed by atoms with van der Waals surface area (Å²) in [6.45, 7) is 0. The highest BCUT2D eigenvalue weighted by Crippen LogP contribution is 2.18. The first-order valence-corrected chi connectivity index (χ1v) is 5.82. The Morgan fingerprint density at radius 2 is 2.15 bits per heavy atom. The van der Waals surface area contributed by atoms with Gasteiger partial charge in [0, 0.05) is 0 Å². The Labute approximate surface area is 116 Å². The van der Waals surface area contributed by atoms with E-state index in [1.165, 1.54) is 18.5 Å². The number of hydrogen-bond acceptors (Lipinski definition) is 5. The van der Waals surface area contributed by atoms with Crippen LogP contribution >= 0.6 is 11.6 Å². The monoisotopic (exact) mass is 292 g/mol. The van der Waals surface area contributed by atoms with Crippen molar-refractivity contribution in [3.8, 4) is 0 Å². The zero-order chi connectivity index (χ0) is 14.1. The molecule has 20 heavy (non-hydrogen) atoms. The van der Waals surface area contributed by atoms with Gasteiger partial charge in [0.1, 0.15) is 11.2 Å². The molecule has 1 amide bonds. The zero-order valence-electron chi connectivity index (χ0n) is 9.76. The number of imidazole rings is 1. The topological polar surface area (TPSA) is 96.5 Å². The lowest BCUT2D eigenvalue weighted by molar-refractivity contribution is 0.102.